The summed E-state index contributed by atoms with van der Waals surface area (Å²) >= 11 is 18.5. The molecule has 0 aromatic rings. The van der Waals surface area contributed by atoms with E-state index in [0.717, 1.165) is 0 Å². The lowest BCUT2D eigenvalue weighted by Crippen LogP contribution is -2.07. The molecule has 1 heterocycles. The minimum Gasteiger partial charge on any atom is -0.134 e. The molecule has 0 aliphatic carbocycles. The summed E-state index contributed by atoms with van der Waals surface area (Å²) in [5.74, 6) is 0. The van der Waals surface area contributed by atoms with Crippen molar-refractivity contribution in [2.45, 2.75) is 0 Å². The van der Waals surface area contributed by atoms with Crippen molar-refractivity contribution < 1.29 is 0 Å². The fraction of sp³-hybridized carbons (Fsp3) is 0. The minimum absolute atomic E-state index is 0.550. The van der Waals surface area contributed by atoms with Crippen LogP contribution in [0.25, 0.3) is 0 Å². The van der Waals surface area contributed by atoms with Crippen LogP contribution < -0.4 is 0 Å². The van der Waals surface area contributed by atoms with Gasteiger partial charge >= 0.3 is 0 Å². The lowest BCUT2D eigenvalue weighted by molar-refractivity contribution is 4.32. The highest BCUT2D eigenvalue weighted by atomic mass is 79.9. The first-order valence-electron chi connectivity index (χ1n) is 1.80. The summed E-state index contributed by atoms with van der Waals surface area (Å²) in [5.41, 5.74) is 0. The maximum atomic E-state index is 3.71. The van der Waals surface area contributed by atoms with E-state index in [0.29, 0.717) is 0 Å². The second kappa shape index (κ2) is 2.53. The van der Waals surface area contributed by atoms with Gasteiger partial charge in [-0.05, 0) is 0 Å². The Labute approximate surface area is 90.1 Å². The molecule has 1 rings (SSSR count). The second-order valence-electron chi connectivity index (χ2n) is 1.61. The highest BCUT2D eigenvalue weighted by Gasteiger charge is 2.78. The van der Waals surface area contributed by atoms with E-state index in [-0.39, 0.29) is 0 Å². The zero-order chi connectivity index (χ0) is 6.58. The first-order chi connectivity index (χ1) is 3.40. The number of hydrogen-bond donors (Lipinski definition) is 0. The van der Waals surface area contributed by atoms with Gasteiger partial charge in [0.15, 0.2) is 0 Å². The Bertz CT molecular complexity index is 103. The average molecular weight is 485 g/mol. The number of hydrogen-bond acceptors (Lipinski definition) is 0. The molecule has 1 aliphatic heterocycles. The third-order valence-electron chi connectivity index (χ3n) is 0.998. The highest BCUT2D eigenvalue weighted by molar-refractivity contribution is 9.79. The zero-order valence-electron chi connectivity index (χ0n) is 3.47. The van der Waals surface area contributed by atoms with Crippen LogP contribution in [0.2, 0.25) is 0 Å². The molecular weight excluding hydrogens is 484 g/mol. The van der Waals surface area contributed by atoms with Gasteiger partial charge in [0.05, 0.1) is 0 Å². The molecule has 0 aromatic carbocycles. The Morgan fingerprint density at radius 1 is 0.875 bits per heavy atom. The highest BCUT2D eigenvalue weighted by Crippen LogP contribution is 2.60. The van der Waals surface area contributed by atoms with Gasteiger partial charge < -0.3 is 0 Å². The van der Waals surface area contributed by atoms with Crippen LogP contribution in [-0.4, -0.2) is 15.1 Å². The first kappa shape index (κ1) is 9.14. The van der Waals surface area contributed by atoms with E-state index in [1.807, 2.05) is 0 Å². The molecule has 1 aliphatic rings. The molecule has 1 fully saturated rings. The van der Waals surface area contributed by atoms with Crippen LogP contribution in [0.5, 0.6) is 0 Å². The van der Waals surface area contributed by atoms with E-state index < -0.39 is 15.1 Å². The zero-order valence-corrected chi connectivity index (χ0v) is 14.6. The average Bonchev–Trinajstić information content (AvgIpc) is 1.88. The first-order valence-corrected chi connectivity index (χ1v) is 22.6. The van der Waals surface area contributed by atoms with Crippen LogP contribution in [0.3, 0.4) is 0 Å². The van der Waals surface area contributed by atoms with Crippen molar-refractivity contribution in [1.29, 1.82) is 0 Å². The van der Waals surface area contributed by atoms with Crippen molar-refractivity contribution in [3.8, 4) is 0 Å². The van der Waals surface area contributed by atoms with E-state index in [9.17, 15) is 0 Å². The fourth-order valence-corrected chi connectivity index (χ4v) is 179. The van der Waals surface area contributed by atoms with E-state index >= 15 is 0 Å². The van der Waals surface area contributed by atoms with Gasteiger partial charge in [-0.15, -0.1) is 76.5 Å². The molecule has 48 valence electrons. The van der Waals surface area contributed by atoms with Crippen LogP contribution >= 0.6 is 76.5 Å². The predicted octanol–water partition coefficient (Wildman–Crippen LogP) is 2.82. The molecule has 0 atom stereocenters. The maximum absolute atomic E-state index is 3.71. The molecule has 0 radical (unpaired) electrons. The summed E-state index contributed by atoms with van der Waals surface area (Å²) < 4.78 is -2.08. The van der Waals surface area contributed by atoms with Crippen LogP contribution in [-0.2, 0) is 0 Å². The monoisotopic (exact) mass is 480 g/mol. The Kier molecular flexibility index (Phi) is 2.89. The normalized spacial score (nSPS) is 32.6. The lowest BCUT2D eigenvalue weighted by Gasteiger charge is -1.90. The Morgan fingerprint density at radius 2 is 1.00 bits per heavy atom. The van der Waals surface area contributed by atoms with Gasteiger partial charge in [-0.1, -0.05) is 0 Å². The molecule has 0 amide bonds. The molecule has 0 unspecified atom stereocenters. The smallest absolute Gasteiger partial charge is 0.134 e. The quantitative estimate of drug-likeness (QED) is 0.366. The summed E-state index contributed by atoms with van der Waals surface area (Å²) in [4.78, 5) is 0. The van der Waals surface area contributed by atoms with Crippen LogP contribution in [0.15, 0.2) is 0 Å². The van der Waals surface area contributed by atoms with Crippen LogP contribution in [0, 0.1) is 0 Å². The summed E-state index contributed by atoms with van der Waals surface area (Å²) in [7, 11) is 0. The topological polar surface area (TPSA) is 0 Å². The Morgan fingerprint density at radius 3 is 1.00 bits per heavy atom. The molecule has 0 bridgehead atoms. The van der Waals surface area contributed by atoms with Gasteiger partial charge in [0.1, 0.15) is 6.45 Å². The van der Waals surface area contributed by atoms with Crippen LogP contribution in [0.1, 0.15) is 0 Å². The predicted molar refractivity (Wildman–Crippen MR) is 63.3 cm³/mol. The Balaban J connectivity index is 2.72. The standard InChI is InChI=1S/Br5HSi3/c1-6-7(2,3)8(6,4)5/h6H. The molecule has 8 heavy (non-hydrogen) atoms. The summed E-state index contributed by atoms with van der Waals surface area (Å²) in [5, 5.41) is 0. The SMILES string of the molecule is Br[SiH]1[Si](Br)(Br)[Si]1(Br)Br. The number of halogens is 5. The molecule has 0 nitrogen and oxygen atoms in total. The fourth-order valence-electron chi connectivity index (χ4n) is 0.306. The van der Waals surface area contributed by atoms with Crippen molar-refractivity contribution in [2.75, 3.05) is 0 Å². The van der Waals surface area contributed by atoms with Crippen molar-refractivity contribution in [3.05, 3.63) is 0 Å². The molecule has 1 saturated heterocycles. The van der Waals surface area contributed by atoms with Gasteiger partial charge in [-0.3, -0.25) is 0 Å². The van der Waals surface area contributed by atoms with Crippen molar-refractivity contribution in [2.24, 2.45) is 0 Å². The molecular formula is HBr5Si3. The van der Waals surface area contributed by atoms with Gasteiger partial charge in [0, 0.05) is 0 Å². The largest absolute Gasteiger partial charge is 0.212 e. The third kappa shape index (κ3) is 1.21. The van der Waals surface area contributed by atoms with Crippen LogP contribution in [0.4, 0.5) is 0 Å². The molecule has 0 N–H and O–H groups in total. The number of rotatable bonds is 0. The van der Waals surface area contributed by atoms with Gasteiger partial charge in [0.2, 0.25) is 8.70 Å². The second-order valence-corrected chi connectivity index (χ2v) is 71.6. The van der Waals surface area contributed by atoms with Gasteiger partial charge in [-0.25, -0.2) is 0 Å². The molecule has 8 heteroatoms. The van der Waals surface area contributed by atoms with Crippen molar-refractivity contribution >= 4 is 91.6 Å². The summed E-state index contributed by atoms with van der Waals surface area (Å²) in [6.45, 7) is -0.550. The summed E-state index contributed by atoms with van der Waals surface area (Å²) in [6.07, 6.45) is 0. The van der Waals surface area contributed by atoms with E-state index in [4.69, 9.17) is 0 Å². The third-order valence-corrected chi connectivity index (χ3v) is 155. The molecule has 0 spiro atoms. The molecule has 0 saturated carbocycles. The van der Waals surface area contributed by atoms with E-state index in [1.54, 1.807) is 0 Å². The van der Waals surface area contributed by atoms with E-state index in [2.05, 4.69) is 76.5 Å². The van der Waals surface area contributed by atoms with E-state index in [1.165, 1.54) is 0 Å². The Hall–Kier alpha value is 3.05. The van der Waals surface area contributed by atoms with Crippen molar-refractivity contribution in [3.63, 3.8) is 0 Å². The molecule has 0 aromatic heterocycles. The summed E-state index contributed by atoms with van der Waals surface area (Å²) in [6, 6.07) is 0. The van der Waals surface area contributed by atoms with Gasteiger partial charge in [0.25, 0.3) is 0 Å². The lowest BCUT2D eigenvalue weighted by atomic mass is 27.0. The van der Waals surface area contributed by atoms with Crippen molar-refractivity contribution in [1.82, 2.24) is 0 Å². The maximum Gasteiger partial charge on any atom is 0.212 e. The minimum atomic E-state index is -1.04. The van der Waals surface area contributed by atoms with Gasteiger partial charge in [-0.2, -0.15) is 0 Å².